The number of sulfone groups is 1. The summed E-state index contributed by atoms with van der Waals surface area (Å²) in [5.41, 5.74) is 6.90. The van der Waals surface area contributed by atoms with E-state index in [0.29, 0.717) is 23.4 Å². The van der Waals surface area contributed by atoms with Crippen molar-refractivity contribution >= 4 is 15.5 Å². The van der Waals surface area contributed by atoms with Gasteiger partial charge in [-0.05, 0) is 37.5 Å². The second-order valence-electron chi connectivity index (χ2n) is 4.01. The molecule has 1 rings (SSSR count). The van der Waals surface area contributed by atoms with Crippen LogP contribution < -0.4 is 5.73 Å². The average Bonchev–Trinajstić information content (AvgIpc) is 2.23. The Bertz CT molecular complexity index is 462. The lowest BCUT2D eigenvalue weighted by atomic mass is 10.2. The molecule has 3 nitrogen and oxygen atoms in total. The number of nitrogen functional groups attached to an aromatic ring is 1. The monoisotopic (exact) mass is 241 g/mol. The summed E-state index contributed by atoms with van der Waals surface area (Å²) < 4.78 is 24.6. The molecule has 0 radical (unpaired) electrons. The molecule has 4 heteroatoms. The Morgan fingerprint density at radius 2 is 1.81 bits per heavy atom. The van der Waals surface area contributed by atoms with Gasteiger partial charge in [0.15, 0.2) is 9.84 Å². The van der Waals surface area contributed by atoms with Gasteiger partial charge in [0.05, 0.1) is 10.1 Å². The molecule has 2 N–H and O–H groups in total. The summed E-state index contributed by atoms with van der Waals surface area (Å²) in [4.78, 5) is 0.376. The van der Waals surface area contributed by atoms with E-state index in [1.54, 1.807) is 25.1 Å². The largest absolute Gasteiger partial charge is 0.399 e. The van der Waals surface area contributed by atoms with Crippen LogP contribution in [0.3, 0.4) is 0 Å². The van der Waals surface area contributed by atoms with Gasteiger partial charge in [-0.3, -0.25) is 0 Å². The number of nitrogens with two attached hydrogens (primary N) is 1. The third-order valence-corrected chi connectivity index (χ3v) is 5.47. The molecule has 0 aliphatic carbocycles. The fourth-order valence-corrected chi connectivity index (χ4v) is 3.88. The van der Waals surface area contributed by atoms with Gasteiger partial charge in [-0.1, -0.05) is 19.9 Å². The Morgan fingerprint density at radius 3 is 2.31 bits per heavy atom. The highest BCUT2D eigenvalue weighted by atomic mass is 32.2. The fraction of sp³-hybridized carbons (Fsp3) is 0.500. The van der Waals surface area contributed by atoms with E-state index in [2.05, 4.69) is 0 Å². The fourth-order valence-electron chi connectivity index (χ4n) is 1.83. The van der Waals surface area contributed by atoms with Crippen LogP contribution in [0.15, 0.2) is 23.1 Å². The second-order valence-corrected chi connectivity index (χ2v) is 6.20. The molecular weight excluding hydrogens is 222 g/mol. The van der Waals surface area contributed by atoms with Crippen molar-refractivity contribution < 1.29 is 8.42 Å². The Hall–Kier alpha value is -1.03. The molecule has 0 bridgehead atoms. The zero-order valence-corrected chi connectivity index (χ0v) is 10.8. The molecule has 16 heavy (non-hydrogen) atoms. The quantitative estimate of drug-likeness (QED) is 0.824. The predicted octanol–water partition coefficient (Wildman–Crippen LogP) is 2.54. The van der Waals surface area contributed by atoms with Crippen molar-refractivity contribution in [1.29, 1.82) is 0 Å². The number of benzene rings is 1. The Labute approximate surface area is 97.6 Å². The molecule has 90 valence electrons. The van der Waals surface area contributed by atoms with E-state index >= 15 is 0 Å². The zero-order chi connectivity index (χ0) is 12.3. The number of anilines is 1. The summed E-state index contributed by atoms with van der Waals surface area (Å²) >= 11 is 0. The van der Waals surface area contributed by atoms with Gasteiger partial charge < -0.3 is 5.73 Å². The van der Waals surface area contributed by atoms with E-state index in [1.165, 1.54) is 0 Å². The highest BCUT2D eigenvalue weighted by Crippen LogP contribution is 2.25. The van der Waals surface area contributed by atoms with E-state index < -0.39 is 9.84 Å². The normalized spacial score (nSPS) is 12.0. The molecule has 0 heterocycles. The van der Waals surface area contributed by atoms with Crippen molar-refractivity contribution in [3.63, 3.8) is 0 Å². The second kappa shape index (κ2) is 4.87. The van der Waals surface area contributed by atoms with E-state index in [0.717, 1.165) is 5.56 Å². The first-order valence-corrected chi connectivity index (χ1v) is 7.08. The summed E-state index contributed by atoms with van der Waals surface area (Å²) in [6.45, 7) is 5.59. The molecule has 0 saturated carbocycles. The smallest absolute Gasteiger partial charge is 0.181 e. The molecule has 0 spiro atoms. The van der Waals surface area contributed by atoms with Crippen molar-refractivity contribution in [3.05, 3.63) is 23.8 Å². The SMILES string of the molecule is CCC(CC)S(=O)(=O)c1cc(N)ccc1C. The number of rotatable bonds is 4. The summed E-state index contributed by atoms with van der Waals surface area (Å²) in [6.07, 6.45) is 1.26. The molecule has 0 aromatic heterocycles. The van der Waals surface area contributed by atoms with Crippen LogP contribution in [0.5, 0.6) is 0 Å². The van der Waals surface area contributed by atoms with Crippen LogP contribution in [-0.4, -0.2) is 13.7 Å². The van der Waals surface area contributed by atoms with Gasteiger partial charge >= 0.3 is 0 Å². The van der Waals surface area contributed by atoms with Gasteiger partial charge in [0.2, 0.25) is 0 Å². The van der Waals surface area contributed by atoms with Gasteiger partial charge in [-0.2, -0.15) is 0 Å². The van der Waals surface area contributed by atoms with Crippen LogP contribution in [0.4, 0.5) is 5.69 Å². The maximum atomic E-state index is 12.3. The minimum absolute atomic E-state index is 0.312. The highest BCUT2D eigenvalue weighted by molar-refractivity contribution is 7.92. The highest BCUT2D eigenvalue weighted by Gasteiger charge is 2.25. The molecule has 0 aliphatic rings. The van der Waals surface area contributed by atoms with Crippen LogP contribution in [0.25, 0.3) is 0 Å². The number of hydrogen-bond donors (Lipinski definition) is 1. The number of aryl methyl sites for hydroxylation is 1. The maximum Gasteiger partial charge on any atom is 0.181 e. The topological polar surface area (TPSA) is 60.2 Å². The molecule has 1 aromatic rings. The average molecular weight is 241 g/mol. The van der Waals surface area contributed by atoms with Gasteiger partial charge in [0.1, 0.15) is 0 Å². The van der Waals surface area contributed by atoms with Crippen LogP contribution in [0.2, 0.25) is 0 Å². The lowest BCUT2D eigenvalue weighted by Gasteiger charge is -2.15. The summed E-state index contributed by atoms with van der Waals surface area (Å²) in [6, 6.07) is 5.04. The van der Waals surface area contributed by atoms with Crippen LogP contribution in [0.1, 0.15) is 32.3 Å². The third-order valence-electron chi connectivity index (χ3n) is 2.87. The Balaban J connectivity index is 3.31. The third kappa shape index (κ3) is 2.38. The van der Waals surface area contributed by atoms with Crippen LogP contribution >= 0.6 is 0 Å². The Morgan fingerprint density at radius 1 is 1.25 bits per heavy atom. The van der Waals surface area contributed by atoms with Gasteiger partial charge in [0.25, 0.3) is 0 Å². The van der Waals surface area contributed by atoms with Gasteiger partial charge in [-0.15, -0.1) is 0 Å². The van der Waals surface area contributed by atoms with Crippen molar-refractivity contribution in [2.24, 2.45) is 0 Å². The first-order valence-electron chi connectivity index (χ1n) is 5.53. The maximum absolute atomic E-state index is 12.3. The lowest BCUT2D eigenvalue weighted by molar-refractivity contribution is 0.571. The number of hydrogen-bond acceptors (Lipinski definition) is 3. The Kier molecular flexibility index (Phi) is 3.97. The minimum atomic E-state index is -3.23. The first kappa shape index (κ1) is 13.0. The van der Waals surface area contributed by atoms with Crippen molar-refractivity contribution in [1.82, 2.24) is 0 Å². The zero-order valence-electron chi connectivity index (χ0n) is 10.0. The van der Waals surface area contributed by atoms with Gasteiger partial charge in [0, 0.05) is 5.69 Å². The standard InChI is InChI=1S/C12H19NO2S/c1-4-11(5-2)16(14,15)12-8-10(13)7-6-9(12)3/h6-8,11H,4-5,13H2,1-3H3. The molecule has 0 fully saturated rings. The first-order chi connectivity index (χ1) is 7.43. The molecule has 0 amide bonds. The van der Waals surface area contributed by atoms with Crippen LogP contribution in [0, 0.1) is 6.92 Å². The molecule has 0 unspecified atom stereocenters. The summed E-state index contributed by atoms with van der Waals surface area (Å²) in [5.74, 6) is 0. The molecular formula is C12H19NO2S. The molecule has 0 aliphatic heterocycles. The van der Waals surface area contributed by atoms with E-state index in [4.69, 9.17) is 5.73 Å². The molecule has 1 aromatic carbocycles. The van der Waals surface area contributed by atoms with E-state index in [9.17, 15) is 8.42 Å². The van der Waals surface area contributed by atoms with E-state index in [1.807, 2.05) is 13.8 Å². The van der Waals surface area contributed by atoms with Crippen molar-refractivity contribution in [3.8, 4) is 0 Å². The lowest BCUT2D eigenvalue weighted by Crippen LogP contribution is -2.20. The molecule has 0 atom stereocenters. The summed E-state index contributed by atoms with van der Waals surface area (Å²) in [7, 11) is -3.23. The van der Waals surface area contributed by atoms with E-state index in [-0.39, 0.29) is 5.25 Å². The molecule has 0 saturated heterocycles. The summed E-state index contributed by atoms with van der Waals surface area (Å²) in [5, 5.41) is -0.312. The minimum Gasteiger partial charge on any atom is -0.399 e. The van der Waals surface area contributed by atoms with Crippen molar-refractivity contribution in [2.75, 3.05) is 5.73 Å². The van der Waals surface area contributed by atoms with Crippen molar-refractivity contribution in [2.45, 2.75) is 43.8 Å². The van der Waals surface area contributed by atoms with Crippen LogP contribution in [-0.2, 0) is 9.84 Å². The predicted molar refractivity (Wildman–Crippen MR) is 67.1 cm³/mol. The van der Waals surface area contributed by atoms with Gasteiger partial charge in [-0.25, -0.2) is 8.42 Å².